The Morgan fingerprint density at radius 3 is 2.32 bits per heavy atom. The van der Waals surface area contributed by atoms with Crippen molar-refractivity contribution in [3.8, 4) is 0 Å². The molecular formula is C18H22ClNO2. The van der Waals surface area contributed by atoms with Crippen molar-refractivity contribution in [1.82, 2.24) is 4.90 Å². The summed E-state index contributed by atoms with van der Waals surface area (Å²) >= 11 is 0. The standard InChI is InChI=1S/C18H21NO2.ClH/c1-15-7-5-6-10-17(15)13-19(14-18(20)21)12-11-16-8-3-2-4-9-16;/h2-10H,11-14H2,1H3,(H,20,21);1H. The van der Waals surface area contributed by atoms with Crippen LogP contribution in [0.4, 0.5) is 0 Å². The van der Waals surface area contributed by atoms with E-state index in [2.05, 4.69) is 31.2 Å². The van der Waals surface area contributed by atoms with Crippen LogP contribution in [0.25, 0.3) is 0 Å². The van der Waals surface area contributed by atoms with Gasteiger partial charge in [-0.1, -0.05) is 54.6 Å². The number of benzene rings is 2. The Bertz CT molecular complexity index is 587. The van der Waals surface area contributed by atoms with E-state index in [1.54, 1.807) is 0 Å². The summed E-state index contributed by atoms with van der Waals surface area (Å²) in [6, 6.07) is 18.3. The number of hydrogen-bond donors (Lipinski definition) is 1. The first-order chi connectivity index (χ1) is 10.1. The maximum atomic E-state index is 11.1. The lowest BCUT2D eigenvalue weighted by molar-refractivity contribution is -0.138. The largest absolute Gasteiger partial charge is 0.480 e. The molecular weight excluding hydrogens is 298 g/mol. The average Bonchev–Trinajstić information content (AvgIpc) is 2.48. The van der Waals surface area contributed by atoms with E-state index >= 15 is 0 Å². The van der Waals surface area contributed by atoms with E-state index in [1.807, 2.05) is 35.2 Å². The fourth-order valence-electron chi connectivity index (χ4n) is 2.37. The third-order valence-corrected chi connectivity index (χ3v) is 3.57. The van der Waals surface area contributed by atoms with Crippen LogP contribution in [0, 0.1) is 6.92 Å². The van der Waals surface area contributed by atoms with Crippen LogP contribution in [0.2, 0.25) is 0 Å². The minimum atomic E-state index is -0.781. The zero-order valence-electron chi connectivity index (χ0n) is 12.7. The zero-order valence-corrected chi connectivity index (χ0v) is 13.6. The predicted molar refractivity (Wildman–Crippen MR) is 91.5 cm³/mol. The van der Waals surface area contributed by atoms with Crippen LogP contribution in [-0.4, -0.2) is 29.1 Å². The number of carbonyl (C=O) groups is 1. The van der Waals surface area contributed by atoms with E-state index in [9.17, 15) is 4.79 Å². The van der Waals surface area contributed by atoms with E-state index in [0.717, 1.165) is 13.0 Å². The van der Waals surface area contributed by atoms with Gasteiger partial charge >= 0.3 is 5.97 Å². The molecule has 0 amide bonds. The van der Waals surface area contributed by atoms with Crippen LogP contribution in [0.1, 0.15) is 16.7 Å². The summed E-state index contributed by atoms with van der Waals surface area (Å²) in [4.78, 5) is 13.0. The maximum Gasteiger partial charge on any atom is 0.317 e. The molecule has 0 atom stereocenters. The second-order valence-corrected chi connectivity index (χ2v) is 5.27. The Hall–Kier alpha value is -1.84. The fourth-order valence-corrected chi connectivity index (χ4v) is 2.37. The number of rotatable bonds is 7. The summed E-state index contributed by atoms with van der Waals surface area (Å²) in [5, 5.41) is 9.09. The molecule has 118 valence electrons. The highest BCUT2D eigenvalue weighted by Crippen LogP contribution is 2.11. The topological polar surface area (TPSA) is 40.5 Å². The van der Waals surface area contributed by atoms with Crippen molar-refractivity contribution in [1.29, 1.82) is 0 Å². The first kappa shape index (κ1) is 18.2. The van der Waals surface area contributed by atoms with Gasteiger partial charge in [0.25, 0.3) is 0 Å². The van der Waals surface area contributed by atoms with Gasteiger partial charge in [-0.25, -0.2) is 0 Å². The summed E-state index contributed by atoms with van der Waals surface area (Å²) < 4.78 is 0. The molecule has 0 aliphatic rings. The van der Waals surface area contributed by atoms with Crippen LogP contribution >= 0.6 is 12.4 Å². The van der Waals surface area contributed by atoms with Crippen LogP contribution in [-0.2, 0) is 17.8 Å². The van der Waals surface area contributed by atoms with Gasteiger partial charge < -0.3 is 5.11 Å². The minimum absolute atomic E-state index is 0. The molecule has 2 rings (SSSR count). The molecule has 0 saturated heterocycles. The van der Waals surface area contributed by atoms with Gasteiger partial charge in [-0.05, 0) is 30.0 Å². The molecule has 1 N–H and O–H groups in total. The molecule has 0 aliphatic carbocycles. The van der Waals surface area contributed by atoms with Gasteiger partial charge in [0.2, 0.25) is 0 Å². The summed E-state index contributed by atoms with van der Waals surface area (Å²) in [6.45, 7) is 3.54. The summed E-state index contributed by atoms with van der Waals surface area (Å²) in [5.41, 5.74) is 3.62. The van der Waals surface area contributed by atoms with Crippen LogP contribution in [0.3, 0.4) is 0 Å². The molecule has 0 fully saturated rings. The molecule has 0 aromatic heterocycles. The maximum absolute atomic E-state index is 11.1. The van der Waals surface area contributed by atoms with Crippen molar-refractivity contribution in [2.24, 2.45) is 0 Å². The van der Waals surface area contributed by atoms with Gasteiger partial charge in [-0.3, -0.25) is 9.69 Å². The average molecular weight is 320 g/mol. The van der Waals surface area contributed by atoms with Gasteiger partial charge in [-0.15, -0.1) is 12.4 Å². The first-order valence-corrected chi connectivity index (χ1v) is 7.18. The van der Waals surface area contributed by atoms with E-state index in [4.69, 9.17) is 5.11 Å². The highest BCUT2D eigenvalue weighted by molar-refractivity contribution is 5.85. The summed E-state index contributed by atoms with van der Waals surface area (Å²) in [6.07, 6.45) is 0.861. The zero-order chi connectivity index (χ0) is 15.1. The van der Waals surface area contributed by atoms with Gasteiger partial charge in [0, 0.05) is 13.1 Å². The number of carboxylic acids is 1. The molecule has 0 saturated carbocycles. The minimum Gasteiger partial charge on any atom is -0.480 e. The van der Waals surface area contributed by atoms with Crippen molar-refractivity contribution in [3.63, 3.8) is 0 Å². The lowest BCUT2D eigenvalue weighted by Crippen LogP contribution is -2.31. The molecule has 2 aromatic rings. The van der Waals surface area contributed by atoms with Crippen molar-refractivity contribution >= 4 is 18.4 Å². The van der Waals surface area contributed by atoms with Gasteiger partial charge in [-0.2, -0.15) is 0 Å². The van der Waals surface area contributed by atoms with Crippen LogP contribution in [0.5, 0.6) is 0 Å². The second kappa shape index (κ2) is 9.23. The Morgan fingerprint density at radius 2 is 1.68 bits per heavy atom. The summed E-state index contributed by atoms with van der Waals surface area (Å²) in [7, 11) is 0. The highest BCUT2D eigenvalue weighted by Gasteiger charge is 2.11. The lowest BCUT2D eigenvalue weighted by Gasteiger charge is -2.21. The molecule has 0 radical (unpaired) electrons. The molecule has 3 nitrogen and oxygen atoms in total. The number of halogens is 1. The monoisotopic (exact) mass is 319 g/mol. The van der Waals surface area contributed by atoms with Crippen LogP contribution in [0.15, 0.2) is 54.6 Å². The fraction of sp³-hybridized carbons (Fsp3) is 0.278. The van der Waals surface area contributed by atoms with E-state index < -0.39 is 5.97 Å². The van der Waals surface area contributed by atoms with Crippen molar-refractivity contribution in [2.75, 3.05) is 13.1 Å². The second-order valence-electron chi connectivity index (χ2n) is 5.27. The number of hydrogen-bond acceptors (Lipinski definition) is 2. The van der Waals surface area contributed by atoms with Crippen LogP contribution < -0.4 is 0 Å². The van der Waals surface area contributed by atoms with E-state index in [-0.39, 0.29) is 19.0 Å². The Kier molecular flexibility index (Phi) is 7.64. The normalized spacial score (nSPS) is 10.3. The SMILES string of the molecule is Cc1ccccc1CN(CCc1ccccc1)CC(=O)O.Cl. The van der Waals surface area contributed by atoms with Gasteiger partial charge in [0.15, 0.2) is 0 Å². The number of nitrogens with zero attached hydrogens (tertiary/aromatic N) is 1. The lowest BCUT2D eigenvalue weighted by atomic mass is 10.1. The smallest absolute Gasteiger partial charge is 0.317 e. The molecule has 0 aliphatic heterocycles. The summed E-state index contributed by atoms with van der Waals surface area (Å²) in [5.74, 6) is -0.781. The molecule has 0 heterocycles. The van der Waals surface area contributed by atoms with Gasteiger partial charge in [0.1, 0.15) is 0 Å². The van der Waals surface area contributed by atoms with E-state index in [0.29, 0.717) is 6.54 Å². The molecule has 2 aromatic carbocycles. The Labute approximate surface area is 138 Å². The first-order valence-electron chi connectivity index (χ1n) is 7.18. The molecule has 4 heteroatoms. The third-order valence-electron chi connectivity index (χ3n) is 3.57. The predicted octanol–water partition coefficient (Wildman–Crippen LogP) is 3.55. The van der Waals surface area contributed by atoms with Crippen molar-refractivity contribution in [3.05, 3.63) is 71.3 Å². The quantitative estimate of drug-likeness (QED) is 0.848. The van der Waals surface area contributed by atoms with Gasteiger partial charge in [0.05, 0.1) is 6.54 Å². The van der Waals surface area contributed by atoms with E-state index in [1.165, 1.54) is 16.7 Å². The van der Waals surface area contributed by atoms with Crippen molar-refractivity contribution < 1.29 is 9.90 Å². The highest BCUT2D eigenvalue weighted by atomic mass is 35.5. The molecule has 0 spiro atoms. The number of aryl methyl sites for hydroxylation is 1. The molecule has 0 unspecified atom stereocenters. The molecule has 0 bridgehead atoms. The van der Waals surface area contributed by atoms with Crippen molar-refractivity contribution in [2.45, 2.75) is 19.9 Å². The number of carboxylic acid groups (broad SMARTS) is 1. The Balaban J connectivity index is 0.00000242. The Morgan fingerprint density at radius 1 is 1.05 bits per heavy atom. The third kappa shape index (κ3) is 5.88. The number of aliphatic carboxylic acids is 1. The molecule has 22 heavy (non-hydrogen) atoms.